The van der Waals surface area contributed by atoms with Crippen LogP contribution in [0.2, 0.25) is 0 Å². The summed E-state index contributed by atoms with van der Waals surface area (Å²) in [6, 6.07) is 25.2. The summed E-state index contributed by atoms with van der Waals surface area (Å²) in [5.41, 5.74) is 2.48. The average Bonchev–Trinajstić information content (AvgIpc) is 3.01. The minimum absolute atomic E-state index is 0.110. The molecule has 44 heavy (non-hydrogen) atoms. The number of nitrogens with one attached hydrogen (secondary N) is 2. The number of carbonyl (C=O) groups excluding carboxylic acids is 3. The first-order chi connectivity index (χ1) is 21.0. The van der Waals surface area contributed by atoms with Crippen molar-refractivity contribution in [3.05, 3.63) is 107 Å². The molecule has 3 unspecified atom stereocenters. The summed E-state index contributed by atoms with van der Waals surface area (Å²) in [5.74, 6) is -2.92. The quantitative estimate of drug-likeness (QED) is 0.173. The zero-order chi connectivity index (χ0) is 32.1. The molecule has 0 spiro atoms. The summed E-state index contributed by atoms with van der Waals surface area (Å²) < 4.78 is 13.9. The number of carbonyl (C=O) groups is 3. The highest BCUT2D eigenvalue weighted by Crippen LogP contribution is 2.48. The number of rotatable bonds is 16. The molecule has 0 radical (unpaired) electrons. The highest BCUT2D eigenvalue weighted by molar-refractivity contribution is 7.58. The van der Waals surface area contributed by atoms with Crippen LogP contribution in [-0.2, 0) is 22.2 Å². The average molecular weight is 620 g/mol. The van der Waals surface area contributed by atoms with Crippen LogP contribution in [0.25, 0.3) is 0 Å². The van der Waals surface area contributed by atoms with E-state index in [0.29, 0.717) is 25.1 Å². The molecule has 3 aromatic rings. The van der Waals surface area contributed by atoms with Gasteiger partial charge >= 0.3 is 0 Å². The lowest BCUT2D eigenvalue weighted by Gasteiger charge is -2.27. The lowest BCUT2D eigenvalue weighted by Crippen LogP contribution is -2.41. The van der Waals surface area contributed by atoms with Gasteiger partial charge in [0.2, 0.25) is 13.3 Å². The van der Waals surface area contributed by atoms with Crippen molar-refractivity contribution < 1.29 is 23.8 Å². The van der Waals surface area contributed by atoms with Gasteiger partial charge in [0.15, 0.2) is 0 Å². The molecule has 3 aromatic carbocycles. The Labute approximate surface area is 261 Å². The smallest absolute Gasteiger partial charge is 0.253 e. The van der Waals surface area contributed by atoms with Gasteiger partial charge in [-0.1, -0.05) is 87.5 Å². The lowest BCUT2D eigenvalue weighted by atomic mass is 10.1. The molecule has 0 aliphatic heterocycles. The van der Waals surface area contributed by atoms with Crippen LogP contribution in [0, 0.1) is 5.92 Å². The van der Waals surface area contributed by atoms with Crippen LogP contribution in [0.3, 0.4) is 0 Å². The third kappa shape index (κ3) is 10.5. The van der Waals surface area contributed by atoms with Crippen molar-refractivity contribution in [2.45, 2.75) is 65.2 Å². The van der Waals surface area contributed by atoms with E-state index >= 15 is 0 Å². The third-order valence-corrected chi connectivity index (χ3v) is 9.82. The molecule has 4 atom stereocenters. The summed E-state index contributed by atoms with van der Waals surface area (Å²) >= 11 is 0. The molecule has 3 N–H and O–H groups in total. The Balaban J connectivity index is 1.76. The van der Waals surface area contributed by atoms with E-state index in [-0.39, 0.29) is 36.0 Å². The van der Waals surface area contributed by atoms with E-state index < -0.39 is 25.0 Å². The van der Waals surface area contributed by atoms with Gasteiger partial charge in [-0.15, -0.1) is 0 Å². The zero-order valence-corrected chi connectivity index (χ0v) is 27.1. The van der Waals surface area contributed by atoms with Gasteiger partial charge in [0.1, 0.15) is 5.78 Å². The molecule has 8 nitrogen and oxygen atoms in total. The summed E-state index contributed by atoms with van der Waals surface area (Å²) in [7, 11) is -4.09. The highest BCUT2D eigenvalue weighted by Gasteiger charge is 2.36. The molecule has 3 amide bonds. The van der Waals surface area contributed by atoms with Crippen molar-refractivity contribution in [3.63, 3.8) is 0 Å². The fourth-order valence-corrected chi connectivity index (χ4v) is 7.22. The normalized spacial score (nSPS) is 14.5. The molecule has 0 fully saturated rings. The Morgan fingerprint density at radius 3 is 1.89 bits per heavy atom. The van der Waals surface area contributed by atoms with Crippen LogP contribution < -0.4 is 10.6 Å². The summed E-state index contributed by atoms with van der Waals surface area (Å²) in [5, 5.41) is 5.73. The van der Waals surface area contributed by atoms with E-state index in [1.165, 1.54) is 6.07 Å². The van der Waals surface area contributed by atoms with Crippen molar-refractivity contribution in [2.75, 3.05) is 19.3 Å². The molecule has 0 aliphatic rings. The van der Waals surface area contributed by atoms with Gasteiger partial charge in [-0.2, -0.15) is 0 Å². The Hall–Kier alpha value is -3.74. The van der Waals surface area contributed by atoms with E-state index in [9.17, 15) is 23.8 Å². The van der Waals surface area contributed by atoms with Crippen molar-refractivity contribution in [2.24, 2.45) is 5.92 Å². The minimum atomic E-state index is -4.09. The Morgan fingerprint density at radius 1 is 0.773 bits per heavy atom. The molecule has 0 saturated carbocycles. The standard InChI is InChI=1S/C35H46N3O5P/c1-5-20-38(21-6-2)35(41)31-19-13-18-30(24-31)34(40)37-32(23-29-16-11-8-12-17-29)44(42,43)25-26(3)33(39)36-27(4)22-28-14-9-7-10-15-28/h7-19,24,26-27,32H,5-6,20-23,25H2,1-4H3,(H,36,39)(H,37,40)(H,42,43)/t26?,27?,32-/m1/s1. The first-order valence-corrected chi connectivity index (χ1v) is 17.3. The molecule has 0 saturated heterocycles. The maximum absolute atomic E-state index is 13.9. The molecule has 9 heteroatoms. The molecular weight excluding hydrogens is 573 g/mol. The molecule has 236 valence electrons. The van der Waals surface area contributed by atoms with Gasteiger partial charge in [-0.3, -0.25) is 18.9 Å². The van der Waals surface area contributed by atoms with Crippen LogP contribution in [-0.4, -0.2) is 58.6 Å². The molecular formula is C35H46N3O5P. The van der Waals surface area contributed by atoms with Crippen LogP contribution in [0.1, 0.15) is 72.4 Å². The van der Waals surface area contributed by atoms with Gasteiger partial charge < -0.3 is 20.4 Å². The van der Waals surface area contributed by atoms with Crippen LogP contribution >= 0.6 is 7.37 Å². The third-order valence-electron chi connectivity index (χ3n) is 7.46. The van der Waals surface area contributed by atoms with Crippen LogP contribution in [0.5, 0.6) is 0 Å². The van der Waals surface area contributed by atoms with Crippen molar-refractivity contribution in [1.82, 2.24) is 15.5 Å². The monoisotopic (exact) mass is 619 g/mol. The van der Waals surface area contributed by atoms with E-state index in [4.69, 9.17) is 0 Å². The van der Waals surface area contributed by atoms with Gasteiger partial charge in [0, 0.05) is 48.8 Å². The molecule has 0 aromatic heterocycles. The fourth-order valence-electron chi connectivity index (χ4n) is 5.20. The number of amides is 3. The van der Waals surface area contributed by atoms with E-state index in [1.807, 2.05) is 81.4 Å². The van der Waals surface area contributed by atoms with Crippen molar-refractivity contribution in [3.8, 4) is 0 Å². The second-order valence-electron chi connectivity index (χ2n) is 11.5. The van der Waals surface area contributed by atoms with Crippen LogP contribution in [0.4, 0.5) is 0 Å². The first-order valence-electron chi connectivity index (χ1n) is 15.4. The van der Waals surface area contributed by atoms with E-state index in [2.05, 4.69) is 10.6 Å². The largest absolute Gasteiger partial charge is 0.353 e. The minimum Gasteiger partial charge on any atom is -0.353 e. The lowest BCUT2D eigenvalue weighted by molar-refractivity contribution is -0.124. The van der Waals surface area contributed by atoms with Crippen molar-refractivity contribution in [1.29, 1.82) is 0 Å². The van der Waals surface area contributed by atoms with Gasteiger partial charge in [0.05, 0.1) is 0 Å². The second-order valence-corrected chi connectivity index (χ2v) is 14.0. The molecule has 0 aliphatic carbocycles. The Bertz CT molecular complexity index is 1410. The van der Waals surface area contributed by atoms with Crippen molar-refractivity contribution >= 4 is 25.1 Å². The predicted octanol–water partition coefficient (Wildman–Crippen LogP) is 5.90. The highest BCUT2D eigenvalue weighted by atomic mass is 31.2. The van der Waals surface area contributed by atoms with Crippen LogP contribution in [0.15, 0.2) is 84.9 Å². The number of benzene rings is 3. The Kier molecular flexibility index (Phi) is 13.4. The topological polar surface area (TPSA) is 116 Å². The van der Waals surface area contributed by atoms with Gasteiger partial charge in [-0.05, 0) is 55.5 Å². The number of hydrogen-bond acceptors (Lipinski definition) is 4. The van der Waals surface area contributed by atoms with E-state index in [1.54, 1.807) is 30.0 Å². The fraction of sp³-hybridized carbons (Fsp3) is 0.400. The zero-order valence-electron chi connectivity index (χ0n) is 26.2. The summed E-state index contributed by atoms with van der Waals surface area (Å²) in [4.78, 5) is 52.8. The molecule has 3 rings (SSSR count). The summed E-state index contributed by atoms with van der Waals surface area (Å²) in [6.45, 7) is 8.78. The SMILES string of the molecule is CCCN(CCC)C(=O)c1cccc(C(=O)N[C@@H](Cc2ccccc2)P(=O)(O)CC(C)C(=O)NC(C)Cc2ccccc2)c1. The Morgan fingerprint density at radius 2 is 1.32 bits per heavy atom. The van der Waals surface area contributed by atoms with Gasteiger partial charge in [0.25, 0.3) is 11.8 Å². The predicted molar refractivity (Wildman–Crippen MR) is 176 cm³/mol. The van der Waals surface area contributed by atoms with E-state index in [0.717, 1.165) is 24.0 Å². The number of hydrogen-bond donors (Lipinski definition) is 3. The maximum atomic E-state index is 13.9. The second kappa shape index (κ2) is 16.9. The molecule has 0 heterocycles. The first kappa shape index (κ1) is 34.7. The maximum Gasteiger partial charge on any atom is 0.253 e. The summed E-state index contributed by atoms with van der Waals surface area (Å²) in [6.07, 6.45) is 2.09. The number of nitrogens with zero attached hydrogens (tertiary/aromatic N) is 1. The molecule has 0 bridgehead atoms. The van der Waals surface area contributed by atoms with Gasteiger partial charge in [-0.25, -0.2) is 0 Å².